The number of halogens is 2. The predicted molar refractivity (Wildman–Crippen MR) is 182 cm³/mol. The fourth-order valence-corrected chi connectivity index (χ4v) is 12.4. The van der Waals surface area contributed by atoms with Crippen molar-refractivity contribution in [2.45, 2.75) is 82.1 Å². The van der Waals surface area contributed by atoms with Crippen molar-refractivity contribution in [3.63, 3.8) is 0 Å². The predicted octanol–water partition coefficient (Wildman–Crippen LogP) is 7.86. The zero-order chi connectivity index (χ0) is 33.0. The summed E-state index contributed by atoms with van der Waals surface area (Å²) >= 11 is 7.99. The van der Waals surface area contributed by atoms with Gasteiger partial charge in [0.2, 0.25) is 0 Å². The Balaban J connectivity index is 1.17. The minimum absolute atomic E-state index is 0.0174. The largest absolute Gasteiger partial charge is 0.497 e. The van der Waals surface area contributed by atoms with Crippen molar-refractivity contribution in [1.82, 2.24) is 9.97 Å². The van der Waals surface area contributed by atoms with Gasteiger partial charge in [0.05, 0.1) is 29.8 Å². The molecule has 0 amide bonds. The van der Waals surface area contributed by atoms with E-state index in [1.54, 1.807) is 31.0 Å². The Hall–Kier alpha value is -2.65. The van der Waals surface area contributed by atoms with Gasteiger partial charge in [-0.1, -0.05) is 61.5 Å². The van der Waals surface area contributed by atoms with Crippen molar-refractivity contribution in [3.8, 4) is 5.75 Å². The van der Waals surface area contributed by atoms with Crippen molar-refractivity contribution in [2.24, 2.45) is 33.5 Å². The number of imidazole rings is 1. The first kappa shape index (κ1) is 31.6. The van der Waals surface area contributed by atoms with Crippen LogP contribution in [-0.4, -0.2) is 50.5 Å². The second kappa shape index (κ2) is 10.7. The number of benzene rings is 2. The molecule has 6 aliphatic rings. The molecule has 0 saturated heterocycles. The topological polar surface area (TPSA) is 95.4 Å². The quantitative estimate of drug-likeness (QED) is 0.174. The standard InChI is InChI=1S/C38H42ClFN2O4S/c1-34-12-9-22(43)19-36(34)15-16-38(25(20-36)30(44)18-24-26(39)5-4-6-27(24)40)31(34)10-13-35(2)32(38)11-14-37(35,45)21-47-33-41-28-8-7-23(46-3)17-29(28)42-33/h4-8,15-17,20,22,31-32,43,45H,9-14,18-19,21H2,1-3H3,(H,41,42)/t22?,31-,32-,34-,35+,36+,37-,38-/m1/s1. The number of aromatic nitrogens is 2. The van der Waals surface area contributed by atoms with Crippen molar-refractivity contribution >= 4 is 40.2 Å². The fourth-order valence-electron chi connectivity index (χ4n) is 10.9. The van der Waals surface area contributed by atoms with Gasteiger partial charge in [-0.15, -0.1) is 0 Å². The molecule has 3 N–H and O–H groups in total. The number of ketones is 1. The summed E-state index contributed by atoms with van der Waals surface area (Å²) in [6.07, 6.45) is 11.5. The van der Waals surface area contributed by atoms with Crippen molar-refractivity contribution < 1.29 is 24.1 Å². The van der Waals surface area contributed by atoms with Crippen LogP contribution in [0.2, 0.25) is 5.02 Å². The molecule has 2 aromatic carbocycles. The third-order valence-electron chi connectivity index (χ3n) is 13.5. The number of allylic oxidation sites excluding steroid dienone is 4. The Morgan fingerprint density at radius 2 is 1.87 bits per heavy atom. The number of Topliss-reactive ketones (excluding diaryl/α,β-unsaturated/α-hetero) is 1. The third-order valence-corrected chi connectivity index (χ3v) is 15.0. The van der Waals surface area contributed by atoms with E-state index in [-0.39, 0.29) is 40.0 Å². The highest BCUT2D eigenvalue weighted by atomic mass is 35.5. The summed E-state index contributed by atoms with van der Waals surface area (Å²) < 4.78 is 20.4. The number of ether oxygens (including phenoxy) is 1. The SMILES string of the molecule is COc1ccc2nc(SC[C@]3(O)CC[C@H]4[C@]56C=C[C@@]7(C=C5C(=O)Cc5c(F)cccc5Cl)CC(O)CC[C@]7(C)[C@H]6CC[C@@]43C)[nH]c2c1. The Kier molecular flexibility index (Phi) is 7.18. The van der Waals surface area contributed by atoms with Gasteiger partial charge in [-0.2, -0.15) is 0 Å². The van der Waals surface area contributed by atoms with Crippen molar-refractivity contribution in [2.75, 3.05) is 12.9 Å². The van der Waals surface area contributed by atoms with Crippen LogP contribution in [0.25, 0.3) is 11.0 Å². The van der Waals surface area contributed by atoms with Gasteiger partial charge in [-0.3, -0.25) is 4.79 Å². The number of aliphatic hydroxyl groups is 2. The minimum Gasteiger partial charge on any atom is -0.497 e. The number of aliphatic hydroxyl groups excluding tert-OH is 1. The van der Waals surface area contributed by atoms with E-state index in [2.05, 4.69) is 37.1 Å². The monoisotopic (exact) mass is 676 g/mol. The molecule has 1 unspecified atom stereocenters. The maximum Gasteiger partial charge on any atom is 0.166 e. The Bertz CT molecular complexity index is 1840. The lowest BCUT2D eigenvalue weighted by molar-refractivity contribution is -0.170. The second-order valence-corrected chi connectivity index (χ2v) is 16.7. The maximum atomic E-state index is 15.0. The molecule has 0 radical (unpaired) electrons. The average molecular weight is 677 g/mol. The van der Waals surface area contributed by atoms with Crippen molar-refractivity contribution in [1.29, 1.82) is 0 Å². The van der Waals surface area contributed by atoms with E-state index < -0.39 is 33.8 Å². The molecule has 1 aromatic heterocycles. The molecule has 248 valence electrons. The van der Waals surface area contributed by atoms with Crippen LogP contribution in [0.3, 0.4) is 0 Å². The highest BCUT2D eigenvalue weighted by molar-refractivity contribution is 7.99. The fraction of sp³-hybridized carbons (Fsp3) is 0.526. The molecule has 2 spiro atoms. The van der Waals surface area contributed by atoms with Gasteiger partial charge < -0.3 is 19.9 Å². The van der Waals surface area contributed by atoms with Gasteiger partial charge in [-0.25, -0.2) is 9.37 Å². The van der Waals surface area contributed by atoms with Crippen LogP contribution >= 0.6 is 23.4 Å². The number of hydrogen-bond acceptors (Lipinski definition) is 6. The number of carbonyl (C=O) groups is 1. The lowest BCUT2D eigenvalue weighted by Gasteiger charge is -2.71. The highest BCUT2D eigenvalue weighted by Crippen LogP contribution is 2.78. The lowest BCUT2D eigenvalue weighted by atomic mass is 9.32. The molecule has 2 bridgehead atoms. The minimum atomic E-state index is -0.981. The number of carbonyl (C=O) groups excluding carboxylic acids is 1. The van der Waals surface area contributed by atoms with Crippen LogP contribution in [0.4, 0.5) is 4.39 Å². The Morgan fingerprint density at radius 1 is 1.11 bits per heavy atom. The first-order chi connectivity index (χ1) is 22.4. The number of thioether (sulfide) groups is 1. The lowest BCUT2D eigenvalue weighted by Crippen LogP contribution is -2.67. The number of hydrogen-bond donors (Lipinski definition) is 3. The number of fused-ring (bicyclic) bond motifs is 2. The van der Waals surface area contributed by atoms with Crippen LogP contribution in [0.15, 0.2) is 65.4 Å². The molecule has 8 atom stereocenters. The number of rotatable bonds is 7. The molecular formula is C38H42ClFN2O4S. The van der Waals surface area contributed by atoms with Gasteiger partial charge >= 0.3 is 0 Å². The molecule has 0 aliphatic heterocycles. The van der Waals surface area contributed by atoms with Crippen LogP contribution in [0.5, 0.6) is 5.75 Å². The van der Waals surface area contributed by atoms with Gasteiger partial charge in [0.25, 0.3) is 0 Å². The Labute approximate surface area is 284 Å². The van der Waals surface area contributed by atoms with E-state index >= 15 is 4.39 Å². The third kappa shape index (κ3) is 4.30. The molecule has 6 nitrogen and oxygen atoms in total. The van der Waals surface area contributed by atoms with Gasteiger partial charge in [0.15, 0.2) is 10.9 Å². The summed E-state index contributed by atoms with van der Waals surface area (Å²) in [5, 5.41) is 24.6. The smallest absolute Gasteiger partial charge is 0.166 e. The molecule has 3 saturated carbocycles. The van der Waals surface area contributed by atoms with Crippen LogP contribution in [-0.2, 0) is 11.2 Å². The molecule has 9 rings (SSSR count). The van der Waals surface area contributed by atoms with E-state index in [1.165, 1.54) is 6.07 Å². The van der Waals surface area contributed by atoms with E-state index in [9.17, 15) is 15.0 Å². The number of nitrogens with zero attached hydrogens (tertiary/aromatic N) is 1. The molecule has 3 fully saturated rings. The van der Waals surface area contributed by atoms with Crippen LogP contribution < -0.4 is 4.74 Å². The summed E-state index contributed by atoms with van der Waals surface area (Å²) in [7, 11) is 1.64. The summed E-state index contributed by atoms with van der Waals surface area (Å²) in [5.74, 6) is 0.840. The summed E-state index contributed by atoms with van der Waals surface area (Å²) in [6.45, 7) is 4.59. The van der Waals surface area contributed by atoms with Crippen molar-refractivity contribution in [3.05, 3.63) is 76.6 Å². The highest BCUT2D eigenvalue weighted by Gasteiger charge is 2.74. The number of H-pyrrole nitrogens is 1. The average Bonchev–Trinajstić information content (AvgIpc) is 3.58. The zero-order valence-corrected chi connectivity index (χ0v) is 28.7. The van der Waals surface area contributed by atoms with E-state index in [1.807, 2.05) is 18.2 Å². The Morgan fingerprint density at radius 3 is 2.66 bits per heavy atom. The molecular weight excluding hydrogens is 635 g/mol. The molecule has 47 heavy (non-hydrogen) atoms. The van der Waals surface area contributed by atoms with Crippen LogP contribution in [0.1, 0.15) is 64.4 Å². The first-order valence-corrected chi connectivity index (χ1v) is 18.2. The normalized spacial score (nSPS) is 38.5. The maximum absolute atomic E-state index is 15.0. The number of methoxy groups -OCH3 is 1. The van der Waals surface area contributed by atoms with Gasteiger partial charge in [-0.05, 0) is 86.5 Å². The number of aromatic amines is 1. The first-order valence-electron chi connectivity index (χ1n) is 16.8. The molecule has 9 heteroatoms. The van der Waals surface area contributed by atoms with Gasteiger partial charge in [0.1, 0.15) is 11.6 Å². The van der Waals surface area contributed by atoms with E-state index in [0.29, 0.717) is 18.6 Å². The van der Waals surface area contributed by atoms with E-state index in [0.717, 1.165) is 59.6 Å². The molecule has 3 aromatic rings. The summed E-state index contributed by atoms with van der Waals surface area (Å²) in [5.41, 5.74) is 0.0850. The van der Waals surface area contributed by atoms with Gasteiger partial charge in [0, 0.05) is 50.6 Å². The second-order valence-electron chi connectivity index (χ2n) is 15.3. The van der Waals surface area contributed by atoms with Crippen LogP contribution in [0, 0.1) is 39.3 Å². The summed E-state index contributed by atoms with van der Waals surface area (Å²) in [6, 6.07) is 10.3. The number of nitrogens with one attached hydrogen (secondary N) is 1. The van der Waals surface area contributed by atoms with E-state index in [4.69, 9.17) is 21.3 Å². The zero-order valence-electron chi connectivity index (χ0n) is 27.1. The molecule has 6 aliphatic carbocycles. The molecule has 1 heterocycles. The summed E-state index contributed by atoms with van der Waals surface area (Å²) in [4.78, 5) is 22.8.